The van der Waals surface area contributed by atoms with Gasteiger partial charge in [0.1, 0.15) is 28.9 Å². The molecule has 0 radical (unpaired) electrons. The third-order valence-electron chi connectivity index (χ3n) is 4.57. The van der Waals surface area contributed by atoms with Crippen molar-refractivity contribution in [1.29, 1.82) is 0 Å². The molecule has 8 nitrogen and oxygen atoms in total. The van der Waals surface area contributed by atoms with E-state index in [1.54, 1.807) is 12.1 Å². The third-order valence-corrected chi connectivity index (χ3v) is 6.14. The first kappa shape index (κ1) is 21.5. The second-order valence-corrected chi connectivity index (χ2v) is 9.80. The predicted octanol–water partition coefficient (Wildman–Crippen LogP) is 5.26. The van der Waals surface area contributed by atoms with Crippen molar-refractivity contribution >= 4 is 38.8 Å². The molecule has 3 aromatic heterocycles. The molecule has 0 aliphatic carbocycles. The summed E-state index contributed by atoms with van der Waals surface area (Å²) < 4.78 is 47.5. The van der Waals surface area contributed by atoms with Crippen molar-refractivity contribution in [2.75, 3.05) is 11.6 Å². The van der Waals surface area contributed by atoms with Crippen LogP contribution in [-0.2, 0) is 15.9 Å². The van der Waals surface area contributed by atoms with Gasteiger partial charge in [0.15, 0.2) is 0 Å². The van der Waals surface area contributed by atoms with Crippen LogP contribution in [0.4, 0.5) is 25.2 Å². The predicted molar refractivity (Wildman–Crippen MR) is 118 cm³/mol. The highest BCUT2D eigenvalue weighted by Gasteiger charge is 2.16. The molecule has 0 atom stereocenters. The number of fused-ring (bicyclic) bond motifs is 1. The Labute approximate surface area is 181 Å². The van der Waals surface area contributed by atoms with Crippen LogP contribution in [-0.4, -0.2) is 32.0 Å². The molecule has 3 heterocycles. The Hall–Kier alpha value is -3.70. The zero-order valence-corrected chi connectivity index (χ0v) is 17.6. The summed E-state index contributed by atoms with van der Waals surface area (Å²) in [6.45, 7) is 0. The number of benzene rings is 1. The molecule has 1 aromatic carbocycles. The molecule has 0 spiro atoms. The minimum absolute atomic E-state index is 0.0463. The molecular formula is C21H18F2N4O4S. The number of furan rings is 1. The van der Waals surface area contributed by atoms with Crippen molar-refractivity contribution in [2.24, 2.45) is 4.36 Å². The topological polar surface area (TPSA) is 121 Å². The van der Waals surface area contributed by atoms with E-state index in [1.165, 1.54) is 43.0 Å². The number of nitrogens with one attached hydrogen (secondary N) is 1. The Morgan fingerprint density at radius 3 is 2.69 bits per heavy atom. The number of nitrogens with zero attached hydrogens (tertiary/aromatic N) is 3. The molecule has 0 aliphatic rings. The summed E-state index contributed by atoms with van der Waals surface area (Å²) in [7, 11) is -3.04. The normalized spacial score (nSPS) is 12.0. The first-order chi connectivity index (χ1) is 15.2. The molecule has 0 bridgehead atoms. The lowest BCUT2D eigenvalue weighted by molar-refractivity contribution is 0.206. The molecule has 1 amide bonds. The number of halogens is 2. The molecule has 11 heteroatoms. The highest BCUT2D eigenvalue weighted by molar-refractivity contribution is 7.98. The van der Waals surface area contributed by atoms with Gasteiger partial charge in [-0.25, -0.2) is 23.5 Å². The molecule has 0 unspecified atom stereocenters. The minimum Gasteiger partial charge on any atom is -0.464 e. The largest absolute Gasteiger partial charge is 0.464 e. The van der Waals surface area contributed by atoms with E-state index in [-0.39, 0.29) is 28.1 Å². The van der Waals surface area contributed by atoms with Crippen molar-refractivity contribution in [1.82, 2.24) is 9.97 Å². The minimum atomic E-state index is -3.04. The van der Waals surface area contributed by atoms with Crippen molar-refractivity contribution in [3.05, 3.63) is 72.3 Å². The van der Waals surface area contributed by atoms with Gasteiger partial charge in [0.2, 0.25) is 0 Å². The highest BCUT2D eigenvalue weighted by Crippen LogP contribution is 2.33. The SMILES string of the molecule is C[SH](O)(Cc1ccnc(Nc2cc(-c3ccc(F)c4ccoc34)c(F)cn2)c1)=NC(=O)O. The van der Waals surface area contributed by atoms with Gasteiger partial charge < -0.3 is 19.4 Å². The number of amides is 1. The van der Waals surface area contributed by atoms with E-state index in [1.807, 2.05) is 0 Å². The number of rotatable bonds is 5. The van der Waals surface area contributed by atoms with Gasteiger partial charge in [0, 0.05) is 23.1 Å². The second kappa shape index (κ2) is 8.44. The van der Waals surface area contributed by atoms with Crippen molar-refractivity contribution in [3.8, 4) is 11.1 Å². The molecule has 3 N–H and O–H groups in total. The summed E-state index contributed by atoms with van der Waals surface area (Å²) in [5.41, 5.74) is 1.36. The summed E-state index contributed by atoms with van der Waals surface area (Å²) in [4.78, 5) is 19.0. The van der Waals surface area contributed by atoms with Crippen LogP contribution in [0.3, 0.4) is 0 Å². The number of hydrogen-bond acceptors (Lipinski definition) is 5. The van der Waals surface area contributed by atoms with Crippen LogP contribution in [0.1, 0.15) is 5.56 Å². The van der Waals surface area contributed by atoms with E-state index in [4.69, 9.17) is 9.52 Å². The Morgan fingerprint density at radius 2 is 1.91 bits per heavy atom. The van der Waals surface area contributed by atoms with Crippen LogP contribution in [0.15, 0.2) is 63.8 Å². The van der Waals surface area contributed by atoms with Crippen LogP contribution in [0.2, 0.25) is 0 Å². The van der Waals surface area contributed by atoms with Crippen molar-refractivity contribution in [2.45, 2.75) is 5.75 Å². The molecular weight excluding hydrogens is 442 g/mol. The van der Waals surface area contributed by atoms with Crippen LogP contribution < -0.4 is 5.32 Å². The lowest BCUT2D eigenvalue weighted by atomic mass is 10.0. The van der Waals surface area contributed by atoms with Crippen molar-refractivity contribution in [3.63, 3.8) is 0 Å². The smallest absolute Gasteiger partial charge is 0.437 e. The average molecular weight is 460 g/mol. The number of hydrogen-bond donors (Lipinski definition) is 4. The maximum absolute atomic E-state index is 14.6. The summed E-state index contributed by atoms with van der Waals surface area (Å²) in [6.07, 6.45) is 3.81. The molecule has 4 rings (SSSR count). The van der Waals surface area contributed by atoms with Gasteiger partial charge in [-0.05, 0) is 48.2 Å². The lowest BCUT2D eigenvalue weighted by Crippen LogP contribution is -2.13. The van der Waals surface area contributed by atoms with E-state index < -0.39 is 27.8 Å². The van der Waals surface area contributed by atoms with Crippen LogP contribution >= 0.6 is 0 Å². The molecule has 166 valence electrons. The van der Waals surface area contributed by atoms with E-state index in [0.29, 0.717) is 16.9 Å². The fourth-order valence-electron chi connectivity index (χ4n) is 3.29. The number of anilines is 2. The molecule has 0 saturated heterocycles. The first-order valence-electron chi connectivity index (χ1n) is 9.30. The maximum atomic E-state index is 14.6. The monoisotopic (exact) mass is 460 g/mol. The van der Waals surface area contributed by atoms with Gasteiger partial charge in [-0.3, -0.25) is 0 Å². The van der Waals surface area contributed by atoms with Crippen molar-refractivity contribution < 1.29 is 27.7 Å². The van der Waals surface area contributed by atoms with E-state index in [2.05, 4.69) is 19.6 Å². The van der Waals surface area contributed by atoms with E-state index in [9.17, 15) is 18.1 Å². The van der Waals surface area contributed by atoms with Gasteiger partial charge in [-0.15, -0.1) is 0 Å². The number of carbonyl (C=O) groups is 1. The fraction of sp³-hybridized carbons (Fsp3) is 0.0952. The van der Waals surface area contributed by atoms with Crippen LogP contribution in [0, 0.1) is 11.6 Å². The van der Waals surface area contributed by atoms with Crippen LogP contribution in [0.25, 0.3) is 22.1 Å². The first-order valence-corrected chi connectivity index (χ1v) is 11.6. The van der Waals surface area contributed by atoms with E-state index in [0.717, 1.165) is 6.20 Å². The quantitative estimate of drug-likeness (QED) is 0.300. The standard InChI is InChI=1S/C21H18F2N4O4S/c1-32(30,27-21(28)29)11-12-4-6-24-18(8-12)26-19-9-15(17(23)10-25-19)13-2-3-16(22)14-5-7-31-20(13)14/h2-10,32H,11H2,1H3,(H,27,30)(H,28,29)(H,24,25,26). The van der Waals surface area contributed by atoms with Crippen LogP contribution in [0.5, 0.6) is 0 Å². The molecule has 0 fully saturated rings. The molecule has 0 saturated carbocycles. The van der Waals surface area contributed by atoms with Gasteiger partial charge in [-0.2, -0.15) is 4.36 Å². The zero-order chi connectivity index (χ0) is 22.9. The Kier molecular flexibility index (Phi) is 5.68. The lowest BCUT2D eigenvalue weighted by Gasteiger charge is -2.17. The fourth-order valence-corrected chi connectivity index (χ4v) is 4.62. The Bertz CT molecular complexity index is 1380. The average Bonchev–Trinajstić information content (AvgIpc) is 3.20. The summed E-state index contributed by atoms with van der Waals surface area (Å²) in [6, 6.07) is 8.83. The Morgan fingerprint density at radius 1 is 1.12 bits per heavy atom. The third kappa shape index (κ3) is 4.63. The number of thiol groups is 1. The van der Waals surface area contributed by atoms with Gasteiger partial charge in [0.05, 0.1) is 17.8 Å². The number of carboxylic acid groups (broad SMARTS) is 1. The number of aromatic nitrogens is 2. The summed E-state index contributed by atoms with van der Waals surface area (Å²) in [5.74, 6) is -0.417. The second-order valence-electron chi connectivity index (χ2n) is 7.11. The summed E-state index contributed by atoms with van der Waals surface area (Å²) in [5, 5.41) is 12.0. The maximum Gasteiger partial charge on any atom is 0.437 e. The highest BCUT2D eigenvalue weighted by atomic mass is 32.3. The molecule has 32 heavy (non-hydrogen) atoms. The van der Waals surface area contributed by atoms with Gasteiger partial charge in [-0.1, -0.05) is 10.1 Å². The van der Waals surface area contributed by atoms with Gasteiger partial charge >= 0.3 is 6.09 Å². The van der Waals surface area contributed by atoms with E-state index >= 15 is 0 Å². The molecule has 4 aromatic rings. The number of pyridine rings is 2. The summed E-state index contributed by atoms with van der Waals surface area (Å²) >= 11 is 0. The zero-order valence-electron chi connectivity index (χ0n) is 16.7. The molecule has 0 aliphatic heterocycles. The Balaban J connectivity index is 1.65. The van der Waals surface area contributed by atoms with Gasteiger partial charge in [0.25, 0.3) is 0 Å².